The number of aryl methyl sites for hydroxylation is 1. The lowest BCUT2D eigenvalue weighted by Crippen LogP contribution is -2.43. The summed E-state index contributed by atoms with van der Waals surface area (Å²) in [5.41, 5.74) is 7.35. The molecule has 1 aromatic heterocycles. The number of pyridine rings is 1. The maximum atomic E-state index is 12.0. The van der Waals surface area contributed by atoms with Gasteiger partial charge in [-0.1, -0.05) is 11.6 Å². The van der Waals surface area contributed by atoms with Gasteiger partial charge in [-0.2, -0.15) is 0 Å². The Kier molecular flexibility index (Phi) is 4.74. The summed E-state index contributed by atoms with van der Waals surface area (Å²) in [6.45, 7) is 4.00. The summed E-state index contributed by atoms with van der Waals surface area (Å²) < 4.78 is 0. The van der Waals surface area contributed by atoms with Crippen LogP contribution in [0.5, 0.6) is 0 Å². The third kappa shape index (κ3) is 3.89. The number of carbonyl (C=O) groups excluding carboxylic acids is 1. The van der Waals surface area contributed by atoms with Gasteiger partial charge in [-0.25, -0.2) is 4.98 Å². The third-order valence-corrected chi connectivity index (χ3v) is 3.66. The van der Waals surface area contributed by atoms with Gasteiger partial charge in [-0.15, -0.1) is 0 Å². The van der Waals surface area contributed by atoms with E-state index in [4.69, 9.17) is 17.3 Å². The molecule has 0 aliphatic carbocycles. The zero-order chi connectivity index (χ0) is 13.8. The van der Waals surface area contributed by atoms with Gasteiger partial charge >= 0.3 is 0 Å². The first-order valence-corrected chi connectivity index (χ1v) is 6.83. The summed E-state index contributed by atoms with van der Waals surface area (Å²) in [5, 5.41) is 3.16. The molecule has 0 radical (unpaired) electrons. The lowest BCUT2D eigenvalue weighted by atomic mass is 10.1. The smallest absolute Gasteiger partial charge is 0.238 e. The first-order chi connectivity index (χ1) is 9.06. The van der Waals surface area contributed by atoms with Crippen molar-refractivity contribution in [2.75, 3.05) is 25.0 Å². The number of anilines is 1. The molecule has 0 bridgehead atoms. The van der Waals surface area contributed by atoms with E-state index in [-0.39, 0.29) is 11.9 Å². The number of amides is 1. The van der Waals surface area contributed by atoms with Crippen molar-refractivity contribution in [3.05, 3.63) is 23.0 Å². The number of hydrogen-bond acceptors (Lipinski definition) is 4. The quantitative estimate of drug-likeness (QED) is 0.822. The predicted molar refractivity (Wildman–Crippen MR) is 76.3 cm³/mol. The van der Waals surface area contributed by atoms with Crippen LogP contribution in [0.1, 0.15) is 18.4 Å². The van der Waals surface area contributed by atoms with E-state index in [1.165, 1.54) is 0 Å². The molecule has 0 unspecified atom stereocenters. The predicted octanol–water partition coefficient (Wildman–Crippen LogP) is 1.41. The zero-order valence-electron chi connectivity index (χ0n) is 11.0. The van der Waals surface area contributed by atoms with E-state index in [2.05, 4.69) is 15.2 Å². The van der Waals surface area contributed by atoms with Crippen LogP contribution < -0.4 is 11.1 Å². The van der Waals surface area contributed by atoms with Gasteiger partial charge in [0.25, 0.3) is 0 Å². The van der Waals surface area contributed by atoms with Crippen LogP contribution in [0.4, 0.5) is 5.69 Å². The van der Waals surface area contributed by atoms with E-state index >= 15 is 0 Å². The molecule has 0 spiro atoms. The molecule has 6 heteroatoms. The average molecular weight is 283 g/mol. The number of carbonyl (C=O) groups is 1. The Morgan fingerprint density at radius 3 is 2.89 bits per heavy atom. The minimum atomic E-state index is -0.0616. The van der Waals surface area contributed by atoms with Crippen molar-refractivity contribution in [1.29, 1.82) is 0 Å². The molecule has 3 N–H and O–H groups in total. The number of rotatable bonds is 3. The second-order valence-corrected chi connectivity index (χ2v) is 5.31. The fourth-order valence-electron chi connectivity index (χ4n) is 2.17. The first-order valence-electron chi connectivity index (χ1n) is 6.45. The molecular formula is C13H19ClN4O. The Hall–Kier alpha value is -1.17. The Bertz CT molecular complexity index is 438. The largest absolute Gasteiger partial charge is 0.328 e. The van der Waals surface area contributed by atoms with E-state index in [9.17, 15) is 4.79 Å². The van der Waals surface area contributed by atoms with Gasteiger partial charge in [0.05, 0.1) is 12.2 Å². The molecule has 5 nitrogen and oxygen atoms in total. The van der Waals surface area contributed by atoms with Crippen LogP contribution in [0.3, 0.4) is 0 Å². The second-order valence-electron chi connectivity index (χ2n) is 4.96. The third-order valence-electron chi connectivity index (χ3n) is 3.38. The van der Waals surface area contributed by atoms with Crippen molar-refractivity contribution in [3.63, 3.8) is 0 Å². The van der Waals surface area contributed by atoms with Crippen molar-refractivity contribution >= 4 is 23.2 Å². The summed E-state index contributed by atoms with van der Waals surface area (Å²) in [6, 6.07) is 2.09. The molecular weight excluding hydrogens is 264 g/mol. The highest BCUT2D eigenvalue weighted by Crippen LogP contribution is 2.22. The number of nitrogens with one attached hydrogen (secondary N) is 1. The van der Waals surface area contributed by atoms with E-state index in [0.29, 0.717) is 17.4 Å². The maximum Gasteiger partial charge on any atom is 0.238 e. The van der Waals surface area contributed by atoms with E-state index in [1.54, 1.807) is 6.20 Å². The highest BCUT2D eigenvalue weighted by molar-refractivity contribution is 6.32. The summed E-state index contributed by atoms with van der Waals surface area (Å²) >= 11 is 5.98. The number of nitrogens with zero attached hydrogens (tertiary/aromatic N) is 2. The molecule has 1 amide bonds. The van der Waals surface area contributed by atoms with E-state index < -0.39 is 0 Å². The summed E-state index contributed by atoms with van der Waals surface area (Å²) in [6.07, 6.45) is 3.51. The highest BCUT2D eigenvalue weighted by atomic mass is 35.5. The molecule has 1 aliphatic rings. The van der Waals surface area contributed by atoms with Crippen LogP contribution >= 0.6 is 11.6 Å². The Morgan fingerprint density at radius 1 is 1.58 bits per heavy atom. The number of hydrogen-bond donors (Lipinski definition) is 2. The molecule has 0 saturated carbocycles. The summed E-state index contributed by atoms with van der Waals surface area (Å²) in [4.78, 5) is 18.1. The van der Waals surface area contributed by atoms with Gasteiger partial charge in [0.1, 0.15) is 0 Å². The second kappa shape index (κ2) is 6.32. The van der Waals surface area contributed by atoms with Crippen LogP contribution in [-0.4, -0.2) is 41.5 Å². The minimum Gasteiger partial charge on any atom is -0.328 e. The molecule has 1 saturated heterocycles. The Balaban J connectivity index is 1.91. The van der Waals surface area contributed by atoms with E-state index in [0.717, 1.165) is 31.5 Å². The van der Waals surface area contributed by atoms with Gasteiger partial charge in [0.2, 0.25) is 5.91 Å². The van der Waals surface area contributed by atoms with Crippen LogP contribution in [0.2, 0.25) is 5.15 Å². The van der Waals surface area contributed by atoms with Crippen LogP contribution in [0.25, 0.3) is 0 Å². The zero-order valence-corrected chi connectivity index (χ0v) is 11.8. The molecule has 1 aromatic rings. The highest BCUT2D eigenvalue weighted by Gasteiger charge is 2.19. The molecule has 1 aliphatic heterocycles. The van der Waals surface area contributed by atoms with Crippen LogP contribution in [-0.2, 0) is 4.79 Å². The number of halogens is 1. The summed E-state index contributed by atoms with van der Waals surface area (Å²) in [7, 11) is 0. The summed E-state index contributed by atoms with van der Waals surface area (Å²) in [5.74, 6) is -0.0616. The van der Waals surface area contributed by atoms with Gasteiger partial charge in [-0.05, 0) is 31.4 Å². The topological polar surface area (TPSA) is 71.2 Å². The van der Waals surface area contributed by atoms with Crippen molar-refractivity contribution in [2.24, 2.45) is 5.73 Å². The fraction of sp³-hybridized carbons (Fsp3) is 0.538. The molecule has 19 heavy (non-hydrogen) atoms. The first kappa shape index (κ1) is 14.2. The lowest BCUT2D eigenvalue weighted by molar-refractivity contribution is -0.117. The van der Waals surface area contributed by atoms with E-state index in [1.807, 2.05) is 13.0 Å². The van der Waals surface area contributed by atoms with Crippen molar-refractivity contribution < 1.29 is 4.79 Å². The lowest BCUT2D eigenvalue weighted by Gasteiger charge is -2.29. The Morgan fingerprint density at radius 2 is 2.26 bits per heavy atom. The minimum absolute atomic E-state index is 0.0616. The molecule has 2 heterocycles. The fourth-order valence-corrected chi connectivity index (χ4v) is 2.42. The Labute approximate surface area is 118 Å². The van der Waals surface area contributed by atoms with Gasteiger partial charge in [-0.3, -0.25) is 9.69 Å². The molecule has 0 atom stereocenters. The SMILES string of the molecule is Cc1ccnc(Cl)c1NC(=O)CN1CCC(N)CC1. The molecule has 104 valence electrons. The molecule has 0 aromatic carbocycles. The van der Waals surface area contributed by atoms with Crippen LogP contribution in [0, 0.1) is 6.92 Å². The van der Waals surface area contributed by atoms with Crippen molar-refractivity contribution in [3.8, 4) is 0 Å². The number of likely N-dealkylation sites (tertiary alicyclic amines) is 1. The average Bonchev–Trinajstić information content (AvgIpc) is 2.37. The number of nitrogens with two attached hydrogens (primary N) is 1. The number of aromatic nitrogens is 1. The van der Waals surface area contributed by atoms with Crippen LogP contribution in [0.15, 0.2) is 12.3 Å². The maximum absolute atomic E-state index is 12.0. The standard InChI is InChI=1S/C13H19ClN4O/c1-9-2-5-16-13(14)12(9)17-11(19)8-18-6-3-10(15)4-7-18/h2,5,10H,3-4,6-8,15H2,1H3,(H,17,19). The van der Waals surface area contributed by atoms with Crippen molar-refractivity contribution in [2.45, 2.75) is 25.8 Å². The van der Waals surface area contributed by atoms with Gasteiger partial charge in [0, 0.05) is 25.3 Å². The molecule has 2 rings (SSSR count). The van der Waals surface area contributed by atoms with Gasteiger partial charge < -0.3 is 11.1 Å². The number of piperidine rings is 1. The van der Waals surface area contributed by atoms with Crippen molar-refractivity contribution in [1.82, 2.24) is 9.88 Å². The monoisotopic (exact) mass is 282 g/mol. The normalized spacial score (nSPS) is 17.4. The van der Waals surface area contributed by atoms with Gasteiger partial charge in [0.15, 0.2) is 5.15 Å². The molecule has 1 fully saturated rings.